The molecule has 20 heavy (non-hydrogen) atoms. The van der Waals surface area contributed by atoms with Gasteiger partial charge < -0.3 is 9.80 Å². The fraction of sp³-hybridized carbons (Fsp3) is 0.643. The van der Waals surface area contributed by atoms with Crippen molar-refractivity contribution < 1.29 is 9.59 Å². The molecule has 6 heteroatoms. The van der Waals surface area contributed by atoms with Gasteiger partial charge in [-0.25, -0.2) is 0 Å². The second kappa shape index (κ2) is 5.26. The molecule has 2 heterocycles. The number of hydrogen-bond donors (Lipinski definition) is 1. The Labute approximate surface area is 119 Å². The van der Waals surface area contributed by atoms with Gasteiger partial charge in [-0.1, -0.05) is 0 Å². The van der Waals surface area contributed by atoms with Gasteiger partial charge in [0.1, 0.15) is 0 Å². The van der Waals surface area contributed by atoms with E-state index in [0.717, 1.165) is 0 Å². The predicted molar refractivity (Wildman–Crippen MR) is 75.1 cm³/mol. The number of carbonyl (C=O) groups is 2. The van der Waals surface area contributed by atoms with Crippen LogP contribution in [0.4, 0.5) is 0 Å². The molecule has 1 aromatic rings. The first-order valence-electron chi connectivity index (χ1n) is 6.83. The summed E-state index contributed by atoms with van der Waals surface area (Å²) in [5.74, 6) is 0.301. The van der Waals surface area contributed by atoms with Crippen LogP contribution in [-0.4, -0.2) is 57.5 Å². The summed E-state index contributed by atoms with van der Waals surface area (Å²) in [7, 11) is 1.76. The normalized spacial score (nSPS) is 19.5. The minimum atomic E-state index is -0.154. The molecule has 1 aromatic heterocycles. The van der Waals surface area contributed by atoms with E-state index >= 15 is 0 Å². The molecule has 1 aliphatic heterocycles. The summed E-state index contributed by atoms with van der Waals surface area (Å²) in [4.78, 5) is 27.7. The largest absolute Gasteiger partial charge is 0.341 e. The van der Waals surface area contributed by atoms with E-state index in [1.54, 1.807) is 18.1 Å². The minimum Gasteiger partial charge on any atom is -0.341 e. The number of nitrogens with one attached hydrogen (secondary N) is 1. The number of amides is 2. The van der Waals surface area contributed by atoms with Gasteiger partial charge in [-0.3, -0.25) is 14.7 Å². The first-order chi connectivity index (χ1) is 9.29. The van der Waals surface area contributed by atoms with E-state index in [9.17, 15) is 9.59 Å². The summed E-state index contributed by atoms with van der Waals surface area (Å²) >= 11 is 0. The first kappa shape index (κ1) is 14.6. The zero-order chi connectivity index (χ0) is 14.9. The Morgan fingerprint density at radius 3 is 2.75 bits per heavy atom. The Kier molecular flexibility index (Phi) is 3.83. The van der Waals surface area contributed by atoms with E-state index in [1.165, 1.54) is 6.20 Å². The average molecular weight is 278 g/mol. The smallest absolute Gasteiger partial charge is 0.256 e. The van der Waals surface area contributed by atoms with Gasteiger partial charge in [0.15, 0.2) is 0 Å². The van der Waals surface area contributed by atoms with Crippen molar-refractivity contribution in [1.82, 2.24) is 20.0 Å². The van der Waals surface area contributed by atoms with Crippen LogP contribution in [0.2, 0.25) is 0 Å². The molecular weight excluding hydrogens is 256 g/mol. The second-order valence-electron chi connectivity index (χ2n) is 6.42. The summed E-state index contributed by atoms with van der Waals surface area (Å²) in [6.45, 7) is 7.41. The third kappa shape index (κ3) is 3.00. The quantitative estimate of drug-likeness (QED) is 0.901. The molecule has 1 fully saturated rings. The molecule has 2 amide bonds. The molecule has 1 aliphatic rings. The van der Waals surface area contributed by atoms with E-state index in [-0.39, 0.29) is 23.3 Å². The topological polar surface area (TPSA) is 69.3 Å². The van der Waals surface area contributed by atoms with E-state index in [1.807, 2.05) is 25.7 Å². The lowest BCUT2D eigenvalue weighted by molar-refractivity contribution is -0.131. The van der Waals surface area contributed by atoms with Crippen LogP contribution in [0.5, 0.6) is 0 Å². The van der Waals surface area contributed by atoms with Gasteiger partial charge in [0.25, 0.3) is 5.91 Å². The highest BCUT2D eigenvalue weighted by Crippen LogP contribution is 2.26. The van der Waals surface area contributed by atoms with Crippen LogP contribution in [-0.2, 0) is 4.79 Å². The molecule has 1 saturated heterocycles. The Bertz CT molecular complexity index is 490. The Hall–Kier alpha value is -1.85. The molecule has 110 valence electrons. The summed E-state index contributed by atoms with van der Waals surface area (Å²) in [6, 6.07) is 0. The lowest BCUT2D eigenvalue weighted by atomic mass is 10.1. The Morgan fingerprint density at radius 2 is 2.25 bits per heavy atom. The molecule has 0 unspecified atom stereocenters. The van der Waals surface area contributed by atoms with Crippen molar-refractivity contribution in [3.8, 4) is 0 Å². The fourth-order valence-corrected chi connectivity index (χ4v) is 2.61. The third-order valence-corrected chi connectivity index (χ3v) is 3.64. The molecule has 1 atom stereocenters. The maximum Gasteiger partial charge on any atom is 0.256 e. The van der Waals surface area contributed by atoms with Gasteiger partial charge in [-0.2, -0.15) is 5.10 Å². The van der Waals surface area contributed by atoms with Gasteiger partial charge in [0.05, 0.1) is 11.8 Å². The van der Waals surface area contributed by atoms with Crippen molar-refractivity contribution in [2.24, 2.45) is 5.92 Å². The summed E-state index contributed by atoms with van der Waals surface area (Å²) in [6.07, 6.45) is 3.61. The molecule has 2 rings (SSSR count). The SMILES string of the molecule is CN(C[C@H]1CC(=O)N(C(C)(C)C)C1)C(=O)c1cn[nH]c1. The summed E-state index contributed by atoms with van der Waals surface area (Å²) in [5.41, 5.74) is 0.392. The number of aromatic amines is 1. The molecule has 0 saturated carbocycles. The first-order valence-corrected chi connectivity index (χ1v) is 6.83. The number of H-pyrrole nitrogens is 1. The van der Waals surface area contributed by atoms with Crippen molar-refractivity contribution in [2.75, 3.05) is 20.1 Å². The van der Waals surface area contributed by atoms with Crippen LogP contribution in [0.3, 0.4) is 0 Å². The summed E-state index contributed by atoms with van der Waals surface area (Å²) < 4.78 is 0. The van der Waals surface area contributed by atoms with Crippen molar-refractivity contribution in [3.05, 3.63) is 18.0 Å². The molecule has 0 radical (unpaired) electrons. The molecular formula is C14H22N4O2. The van der Waals surface area contributed by atoms with Gasteiger partial charge >= 0.3 is 0 Å². The Balaban J connectivity index is 1.95. The van der Waals surface area contributed by atoms with Crippen LogP contribution in [0.1, 0.15) is 37.6 Å². The standard InChI is InChI=1S/C14H22N4O2/c1-14(2,3)18-9-10(5-12(18)19)8-17(4)13(20)11-6-15-16-7-11/h6-7,10H,5,8-9H2,1-4H3,(H,15,16)/t10-/m1/s1. The maximum absolute atomic E-state index is 12.1. The predicted octanol–water partition coefficient (Wildman–Crippen LogP) is 1.13. The van der Waals surface area contributed by atoms with Crippen LogP contribution in [0, 0.1) is 5.92 Å². The molecule has 1 N–H and O–H groups in total. The van der Waals surface area contributed by atoms with Gasteiger partial charge in [-0.15, -0.1) is 0 Å². The lowest BCUT2D eigenvalue weighted by Crippen LogP contribution is -2.43. The monoisotopic (exact) mass is 278 g/mol. The van der Waals surface area contributed by atoms with E-state index in [0.29, 0.717) is 25.1 Å². The number of likely N-dealkylation sites (tertiary alicyclic amines) is 1. The fourth-order valence-electron chi connectivity index (χ4n) is 2.61. The highest BCUT2D eigenvalue weighted by Gasteiger charge is 2.36. The zero-order valence-electron chi connectivity index (χ0n) is 12.5. The summed E-state index contributed by atoms with van der Waals surface area (Å²) in [5, 5.41) is 6.41. The highest BCUT2D eigenvalue weighted by atomic mass is 16.2. The highest BCUT2D eigenvalue weighted by molar-refractivity contribution is 5.93. The minimum absolute atomic E-state index is 0.0691. The molecule has 6 nitrogen and oxygen atoms in total. The van der Waals surface area contributed by atoms with Crippen molar-refractivity contribution >= 4 is 11.8 Å². The van der Waals surface area contributed by atoms with Crippen molar-refractivity contribution in [3.63, 3.8) is 0 Å². The lowest BCUT2D eigenvalue weighted by Gasteiger charge is -2.32. The number of rotatable bonds is 3. The zero-order valence-corrected chi connectivity index (χ0v) is 12.5. The maximum atomic E-state index is 12.1. The van der Waals surface area contributed by atoms with Gasteiger partial charge in [0.2, 0.25) is 5.91 Å². The van der Waals surface area contributed by atoms with Crippen LogP contribution in [0.25, 0.3) is 0 Å². The third-order valence-electron chi connectivity index (χ3n) is 3.64. The van der Waals surface area contributed by atoms with E-state index in [2.05, 4.69) is 10.2 Å². The molecule has 0 spiro atoms. The van der Waals surface area contributed by atoms with Crippen LogP contribution < -0.4 is 0 Å². The van der Waals surface area contributed by atoms with Gasteiger partial charge in [-0.05, 0) is 20.8 Å². The van der Waals surface area contributed by atoms with E-state index < -0.39 is 0 Å². The molecule has 0 aliphatic carbocycles. The number of aromatic nitrogens is 2. The number of nitrogens with zero attached hydrogens (tertiary/aromatic N) is 3. The number of carbonyl (C=O) groups excluding carboxylic acids is 2. The van der Waals surface area contributed by atoms with E-state index in [4.69, 9.17) is 0 Å². The second-order valence-corrected chi connectivity index (χ2v) is 6.42. The Morgan fingerprint density at radius 1 is 1.55 bits per heavy atom. The van der Waals surface area contributed by atoms with Crippen molar-refractivity contribution in [2.45, 2.75) is 32.7 Å². The van der Waals surface area contributed by atoms with Crippen LogP contribution in [0.15, 0.2) is 12.4 Å². The van der Waals surface area contributed by atoms with Gasteiger partial charge in [0, 0.05) is 44.2 Å². The molecule has 0 bridgehead atoms. The number of hydrogen-bond acceptors (Lipinski definition) is 3. The van der Waals surface area contributed by atoms with Crippen LogP contribution >= 0.6 is 0 Å². The average Bonchev–Trinajstić information content (AvgIpc) is 2.96. The molecule has 0 aromatic carbocycles. The van der Waals surface area contributed by atoms with Crippen molar-refractivity contribution in [1.29, 1.82) is 0 Å².